The van der Waals surface area contributed by atoms with Crippen LogP contribution in [0.3, 0.4) is 0 Å². The summed E-state index contributed by atoms with van der Waals surface area (Å²) in [5, 5.41) is 15.2. The van der Waals surface area contributed by atoms with Gasteiger partial charge in [-0.15, -0.1) is 0 Å². The Morgan fingerprint density at radius 3 is 2.50 bits per heavy atom. The molecule has 7 rings (SSSR count). The fourth-order valence-corrected chi connectivity index (χ4v) is 6.33. The first-order chi connectivity index (χ1) is 23.0. The largest absolute Gasteiger partial charge is 0.482 e. The molecule has 1 saturated carbocycles. The molecule has 4 aromatic heterocycles. The summed E-state index contributed by atoms with van der Waals surface area (Å²) in [6.45, 7) is 0.661. The van der Waals surface area contributed by atoms with Gasteiger partial charge in [-0.2, -0.15) is 13.9 Å². The Balaban J connectivity index is 1.37. The van der Waals surface area contributed by atoms with E-state index in [1.807, 2.05) is 0 Å². The lowest BCUT2D eigenvalue weighted by molar-refractivity contribution is -0.234. The van der Waals surface area contributed by atoms with Crippen molar-refractivity contribution in [2.45, 2.75) is 50.8 Å². The van der Waals surface area contributed by atoms with Crippen LogP contribution in [0.1, 0.15) is 64.9 Å². The molecule has 48 heavy (non-hydrogen) atoms. The Morgan fingerprint density at radius 2 is 1.85 bits per heavy atom. The Kier molecular flexibility index (Phi) is 7.69. The van der Waals surface area contributed by atoms with Crippen LogP contribution in [0.2, 0.25) is 0 Å². The minimum absolute atomic E-state index is 0.0325. The predicted molar refractivity (Wildman–Crippen MR) is 159 cm³/mol. The summed E-state index contributed by atoms with van der Waals surface area (Å²) < 4.78 is 63.9. The molecule has 3 atom stereocenters. The number of hydrogen-bond donors (Lipinski definition) is 2. The van der Waals surface area contributed by atoms with E-state index in [-0.39, 0.29) is 34.4 Å². The number of fused-ring (bicyclic) bond motifs is 1. The number of rotatable bonds is 9. The molecule has 0 radical (unpaired) electrons. The first-order valence-electron chi connectivity index (χ1n) is 15.2. The lowest BCUT2D eigenvalue weighted by Crippen LogP contribution is -2.50. The quantitative estimate of drug-likeness (QED) is 0.254. The van der Waals surface area contributed by atoms with Crippen LogP contribution in [-0.4, -0.2) is 64.3 Å². The number of ether oxygens (including phenoxy) is 1. The number of carbonyl (C=O) groups excluding carboxylic acids is 2. The lowest BCUT2D eigenvalue weighted by atomic mass is 9.78. The first-order valence-corrected chi connectivity index (χ1v) is 15.2. The Morgan fingerprint density at radius 1 is 1.12 bits per heavy atom. The number of nitrogens with zero attached hydrogens (tertiary/aromatic N) is 7. The third-order valence-electron chi connectivity index (χ3n) is 8.84. The number of primary amides is 1. The van der Waals surface area contributed by atoms with Crippen molar-refractivity contribution in [3.8, 4) is 0 Å². The van der Waals surface area contributed by atoms with Gasteiger partial charge in [-0.25, -0.2) is 28.4 Å². The second-order valence-electron chi connectivity index (χ2n) is 12.0. The van der Waals surface area contributed by atoms with Gasteiger partial charge in [0.25, 0.3) is 5.91 Å². The number of nitrogens with two attached hydrogens (primary N) is 1. The number of aromatic nitrogens is 6. The van der Waals surface area contributed by atoms with E-state index in [4.69, 9.17) is 15.5 Å². The summed E-state index contributed by atoms with van der Waals surface area (Å²) in [6.07, 6.45) is 5.30. The van der Waals surface area contributed by atoms with Crippen LogP contribution >= 0.6 is 0 Å². The monoisotopic (exact) mass is 664 g/mol. The van der Waals surface area contributed by atoms with Gasteiger partial charge in [0.1, 0.15) is 23.4 Å². The molecule has 3 aliphatic rings. The van der Waals surface area contributed by atoms with Crippen molar-refractivity contribution in [3.05, 3.63) is 101 Å². The van der Waals surface area contributed by atoms with E-state index in [0.29, 0.717) is 28.8 Å². The number of alkyl halides is 2. The number of hydrogen-bond acceptors (Lipinski definition) is 9. The van der Waals surface area contributed by atoms with E-state index in [1.165, 1.54) is 29.1 Å². The molecule has 1 aliphatic heterocycles. The van der Waals surface area contributed by atoms with E-state index < -0.39 is 60.6 Å². The molecule has 3 unspecified atom stereocenters. The van der Waals surface area contributed by atoms with Gasteiger partial charge >= 0.3 is 12.0 Å². The van der Waals surface area contributed by atoms with Gasteiger partial charge in [0.15, 0.2) is 11.5 Å². The third kappa shape index (κ3) is 5.44. The zero-order chi connectivity index (χ0) is 33.9. The van der Waals surface area contributed by atoms with E-state index in [9.17, 15) is 23.5 Å². The Bertz CT molecular complexity index is 1990. The highest BCUT2D eigenvalue weighted by Gasteiger charge is 2.53. The minimum atomic E-state index is -4.25. The van der Waals surface area contributed by atoms with E-state index >= 15 is 8.78 Å². The highest BCUT2D eigenvalue weighted by atomic mass is 19.3. The maximum Gasteiger partial charge on any atom is 0.482 e. The topological polar surface area (TPSA) is 162 Å². The van der Waals surface area contributed by atoms with Crippen molar-refractivity contribution in [2.24, 2.45) is 17.6 Å². The molecule has 0 spiro atoms. The van der Waals surface area contributed by atoms with Gasteiger partial charge in [-0.3, -0.25) is 19.5 Å². The van der Waals surface area contributed by atoms with Crippen LogP contribution in [0.25, 0.3) is 11.0 Å². The number of carbonyl (C=O) groups is 2. The lowest BCUT2D eigenvalue weighted by Gasteiger charge is -2.40. The molecule has 248 valence electrons. The average molecular weight is 665 g/mol. The molecular formula is C32H28F4N8O4. The second kappa shape index (κ2) is 11.8. The van der Waals surface area contributed by atoms with Crippen LogP contribution in [0.5, 0.6) is 0 Å². The molecule has 2 aliphatic carbocycles. The van der Waals surface area contributed by atoms with Crippen LogP contribution in [0, 0.1) is 23.5 Å². The van der Waals surface area contributed by atoms with Crippen LogP contribution in [0.15, 0.2) is 60.5 Å². The minimum Gasteiger partial charge on any atom is -0.427 e. The smallest absolute Gasteiger partial charge is 0.427 e. The standard InChI is InChI=1S/C32H28F4N8O4/c1-15-19(5-7-23-28(15)48-32(35,36)31(47)43(23)13-25-39-10-18(34)11-40-25)26-20-12-41-44(24(14-45)21-6-4-17(33)9-38-21)30(20)42-22(8-16-2-3-16)27(26)29(37)46/h4-7,9-12,15-16,19,24,45H,2-3,8,13-14H2,1H3,(H2,37,46). The van der Waals surface area contributed by atoms with Crippen molar-refractivity contribution in [2.75, 3.05) is 6.61 Å². The summed E-state index contributed by atoms with van der Waals surface area (Å²) in [5.41, 5.74) is 7.48. The second-order valence-corrected chi connectivity index (χ2v) is 12.0. The molecule has 3 N–H and O–H groups in total. The first kappa shape index (κ1) is 31.4. The maximum atomic E-state index is 15.2. The van der Waals surface area contributed by atoms with Crippen molar-refractivity contribution in [1.29, 1.82) is 0 Å². The summed E-state index contributed by atoms with van der Waals surface area (Å²) in [5.74, 6) is -5.44. The Labute approximate surface area is 270 Å². The molecule has 0 aromatic carbocycles. The van der Waals surface area contributed by atoms with Crippen LogP contribution in [0.4, 0.5) is 17.6 Å². The zero-order valence-corrected chi connectivity index (χ0v) is 25.4. The Hall–Kier alpha value is -5.25. The fourth-order valence-electron chi connectivity index (χ4n) is 6.33. The normalized spacial score (nSPS) is 21.0. The van der Waals surface area contributed by atoms with Gasteiger partial charge in [0, 0.05) is 17.2 Å². The SMILES string of the molecule is CC1C2=C(C=CC1c1c(C(N)=O)c(CC3CC3)nc3c1cnn3C(CO)c1ccc(F)cn1)N(Cc1ncc(F)cn1)C(=O)C(F)(F)O2. The van der Waals surface area contributed by atoms with Gasteiger partial charge in [-0.05, 0) is 49.0 Å². The average Bonchev–Trinajstić information content (AvgIpc) is 3.78. The van der Waals surface area contributed by atoms with Crippen molar-refractivity contribution in [3.63, 3.8) is 0 Å². The number of aliphatic hydroxyl groups excluding tert-OH is 1. The number of pyridine rings is 2. The van der Waals surface area contributed by atoms with Crippen LogP contribution in [-0.2, 0) is 22.5 Å². The number of aliphatic hydroxyl groups is 1. The summed E-state index contributed by atoms with van der Waals surface area (Å²) in [4.78, 5) is 43.4. The molecular weight excluding hydrogens is 636 g/mol. The van der Waals surface area contributed by atoms with Gasteiger partial charge in [-0.1, -0.05) is 13.0 Å². The van der Waals surface area contributed by atoms with Gasteiger partial charge in [0.05, 0.1) is 60.6 Å². The van der Waals surface area contributed by atoms with Crippen molar-refractivity contribution in [1.82, 2.24) is 34.6 Å². The van der Waals surface area contributed by atoms with Gasteiger partial charge in [0.2, 0.25) is 0 Å². The molecule has 0 bridgehead atoms. The predicted octanol–water partition coefficient (Wildman–Crippen LogP) is 3.68. The van der Waals surface area contributed by atoms with Crippen molar-refractivity contribution >= 4 is 22.8 Å². The highest BCUT2D eigenvalue weighted by Crippen LogP contribution is 2.47. The van der Waals surface area contributed by atoms with Crippen LogP contribution < -0.4 is 5.73 Å². The molecule has 4 aromatic rings. The number of amides is 2. The molecule has 16 heteroatoms. The molecule has 1 fully saturated rings. The van der Waals surface area contributed by atoms with E-state index in [1.54, 1.807) is 13.0 Å². The molecule has 5 heterocycles. The highest BCUT2D eigenvalue weighted by molar-refractivity contribution is 6.01. The fraction of sp³-hybridized carbons (Fsp3) is 0.344. The van der Waals surface area contributed by atoms with Crippen molar-refractivity contribution < 1.29 is 37.0 Å². The maximum absolute atomic E-state index is 15.2. The molecule has 2 amide bonds. The molecule has 0 saturated heterocycles. The zero-order valence-electron chi connectivity index (χ0n) is 25.4. The molecule has 12 nitrogen and oxygen atoms in total. The summed E-state index contributed by atoms with van der Waals surface area (Å²) in [6, 6.07) is 1.74. The van der Waals surface area contributed by atoms with E-state index in [0.717, 1.165) is 36.3 Å². The summed E-state index contributed by atoms with van der Waals surface area (Å²) in [7, 11) is 0. The summed E-state index contributed by atoms with van der Waals surface area (Å²) >= 11 is 0. The van der Waals surface area contributed by atoms with E-state index in [2.05, 4.69) is 20.1 Å². The third-order valence-corrected chi connectivity index (χ3v) is 8.84. The van der Waals surface area contributed by atoms with Gasteiger partial charge < -0.3 is 15.6 Å². The number of halogens is 4. The number of allylic oxidation sites excluding steroid dienone is 3.